The summed E-state index contributed by atoms with van der Waals surface area (Å²) in [5.41, 5.74) is 1.49. The van der Waals surface area contributed by atoms with Crippen LogP contribution in [0.15, 0.2) is 36.5 Å². The van der Waals surface area contributed by atoms with Crippen LogP contribution in [0, 0.1) is 0 Å². The molecule has 2 aromatic rings. The van der Waals surface area contributed by atoms with Crippen molar-refractivity contribution in [3.05, 3.63) is 58.8 Å². The van der Waals surface area contributed by atoms with Gasteiger partial charge in [-0.05, 0) is 48.4 Å². The monoisotopic (exact) mass is 392 g/mol. The first-order chi connectivity index (χ1) is 13.3. The molecule has 28 heavy (non-hydrogen) atoms. The lowest BCUT2D eigenvalue weighted by Gasteiger charge is -2.18. The van der Waals surface area contributed by atoms with Crippen LogP contribution in [0.3, 0.4) is 0 Å². The summed E-state index contributed by atoms with van der Waals surface area (Å²) in [4.78, 5) is 17.0. The van der Waals surface area contributed by atoms with E-state index in [2.05, 4.69) is 10.3 Å². The molecule has 1 heterocycles. The molecule has 1 aliphatic rings. The molecule has 1 N–H and O–H groups in total. The van der Waals surface area contributed by atoms with E-state index in [4.69, 9.17) is 4.74 Å². The Morgan fingerprint density at radius 1 is 1.32 bits per heavy atom. The number of methoxy groups -OCH3 is 1. The van der Waals surface area contributed by atoms with Crippen molar-refractivity contribution >= 4 is 5.91 Å². The summed E-state index contributed by atoms with van der Waals surface area (Å²) in [7, 11) is 1.52. The third kappa shape index (κ3) is 4.64. The molecule has 3 rings (SSSR count). The van der Waals surface area contributed by atoms with Gasteiger partial charge in [-0.1, -0.05) is 25.1 Å². The summed E-state index contributed by atoms with van der Waals surface area (Å²) in [6.07, 6.45) is 0.0114. The number of carbonyl (C=O) groups excluding carboxylic acids is 1. The highest BCUT2D eigenvalue weighted by atomic mass is 19.4. The topological polar surface area (TPSA) is 51.2 Å². The van der Waals surface area contributed by atoms with Gasteiger partial charge in [-0.15, -0.1) is 0 Å². The van der Waals surface area contributed by atoms with Crippen molar-refractivity contribution in [1.29, 1.82) is 0 Å². The SMILES string of the molecule is CCC(C(=O)NCc1cc(C2CC2)cnc1OC)c1cccc(C(F)(F)F)c1. The highest BCUT2D eigenvalue weighted by molar-refractivity contribution is 5.83. The van der Waals surface area contributed by atoms with Gasteiger partial charge in [-0.2, -0.15) is 13.2 Å². The Morgan fingerprint density at radius 3 is 2.68 bits per heavy atom. The number of alkyl halides is 3. The Morgan fingerprint density at radius 2 is 2.07 bits per heavy atom. The largest absolute Gasteiger partial charge is 0.481 e. The number of aromatic nitrogens is 1. The number of amides is 1. The van der Waals surface area contributed by atoms with Crippen LogP contribution in [0.2, 0.25) is 0 Å². The second kappa shape index (κ2) is 8.20. The quantitative estimate of drug-likeness (QED) is 0.737. The van der Waals surface area contributed by atoms with Gasteiger partial charge >= 0.3 is 6.18 Å². The first-order valence-electron chi connectivity index (χ1n) is 9.31. The molecule has 0 bridgehead atoms. The molecule has 0 aliphatic heterocycles. The Labute approximate surface area is 162 Å². The smallest absolute Gasteiger partial charge is 0.416 e. The minimum absolute atomic E-state index is 0.213. The van der Waals surface area contributed by atoms with Crippen LogP contribution in [-0.4, -0.2) is 18.0 Å². The maximum Gasteiger partial charge on any atom is 0.416 e. The highest BCUT2D eigenvalue weighted by Gasteiger charge is 2.31. The molecule has 4 nitrogen and oxygen atoms in total. The lowest BCUT2D eigenvalue weighted by atomic mass is 9.94. The van der Waals surface area contributed by atoms with Crippen LogP contribution in [-0.2, 0) is 17.5 Å². The number of hydrogen-bond acceptors (Lipinski definition) is 3. The van der Waals surface area contributed by atoms with Gasteiger partial charge in [-0.3, -0.25) is 4.79 Å². The van der Waals surface area contributed by atoms with E-state index in [-0.39, 0.29) is 12.5 Å². The van der Waals surface area contributed by atoms with Gasteiger partial charge in [0.15, 0.2) is 0 Å². The molecule has 1 saturated carbocycles. The number of benzene rings is 1. The molecule has 1 amide bonds. The fraction of sp³-hybridized carbons (Fsp3) is 0.429. The number of ether oxygens (including phenoxy) is 1. The van der Waals surface area contributed by atoms with Crippen molar-refractivity contribution in [3.8, 4) is 5.88 Å². The fourth-order valence-electron chi connectivity index (χ4n) is 3.28. The van der Waals surface area contributed by atoms with E-state index in [0.717, 1.165) is 36.1 Å². The number of nitrogens with one attached hydrogen (secondary N) is 1. The van der Waals surface area contributed by atoms with Crippen LogP contribution in [0.5, 0.6) is 5.88 Å². The number of carbonyl (C=O) groups is 1. The van der Waals surface area contributed by atoms with Gasteiger partial charge < -0.3 is 10.1 Å². The maximum atomic E-state index is 13.0. The predicted molar refractivity (Wildman–Crippen MR) is 99.1 cm³/mol. The zero-order chi connectivity index (χ0) is 20.3. The Hall–Kier alpha value is -2.57. The van der Waals surface area contributed by atoms with E-state index >= 15 is 0 Å². The summed E-state index contributed by atoms with van der Waals surface area (Å²) in [5, 5.41) is 2.83. The molecule has 150 valence electrons. The number of rotatable bonds is 7. The van der Waals surface area contributed by atoms with Crippen molar-refractivity contribution in [3.63, 3.8) is 0 Å². The van der Waals surface area contributed by atoms with E-state index < -0.39 is 17.7 Å². The molecule has 7 heteroatoms. The third-order valence-corrected chi connectivity index (χ3v) is 4.98. The summed E-state index contributed by atoms with van der Waals surface area (Å²) in [6.45, 7) is 1.99. The first-order valence-corrected chi connectivity index (χ1v) is 9.31. The Balaban J connectivity index is 1.74. The van der Waals surface area contributed by atoms with Gasteiger partial charge in [0.2, 0.25) is 11.8 Å². The van der Waals surface area contributed by atoms with Crippen molar-refractivity contribution in [2.75, 3.05) is 7.11 Å². The van der Waals surface area contributed by atoms with Gasteiger partial charge in [0.05, 0.1) is 18.6 Å². The van der Waals surface area contributed by atoms with Gasteiger partial charge in [-0.25, -0.2) is 4.98 Å². The molecule has 0 radical (unpaired) electrons. The predicted octanol–water partition coefficient (Wildman–Crippen LogP) is 4.80. The van der Waals surface area contributed by atoms with Crippen molar-refractivity contribution in [2.45, 2.75) is 50.7 Å². The summed E-state index contributed by atoms with van der Waals surface area (Å²) in [6, 6.07) is 6.92. The highest BCUT2D eigenvalue weighted by Crippen LogP contribution is 2.40. The van der Waals surface area contributed by atoms with E-state index in [0.29, 0.717) is 23.8 Å². The van der Waals surface area contributed by atoms with Crippen molar-refractivity contribution in [2.24, 2.45) is 0 Å². The molecule has 1 atom stereocenters. The van der Waals surface area contributed by atoms with E-state index in [9.17, 15) is 18.0 Å². The van der Waals surface area contributed by atoms with E-state index in [1.54, 1.807) is 19.2 Å². The van der Waals surface area contributed by atoms with E-state index in [1.165, 1.54) is 13.2 Å². The van der Waals surface area contributed by atoms with Crippen LogP contribution in [0.25, 0.3) is 0 Å². The van der Waals surface area contributed by atoms with Crippen molar-refractivity contribution in [1.82, 2.24) is 10.3 Å². The number of hydrogen-bond donors (Lipinski definition) is 1. The van der Waals surface area contributed by atoms with Gasteiger partial charge in [0, 0.05) is 18.3 Å². The molecule has 1 aromatic carbocycles. The van der Waals surface area contributed by atoms with Crippen LogP contribution >= 0.6 is 0 Å². The second-order valence-electron chi connectivity index (χ2n) is 7.01. The number of nitrogens with zero attached hydrogens (tertiary/aromatic N) is 1. The van der Waals surface area contributed by atoms with Gasteiger partial charge in [0.1, 0.15) is 0 Å². The fourth-order valence-corrected chi connectivity index (χ4v) is 3.28. The van der Waals surface area contributed by atoms with E-state index in [1.807, 2.05) is 6.07 Å². The minimum Gasteiger partial charge on any atom is -0.481 e. The summed E-state index contributed by atoms with van der Waals surface area (Å²) >= 11 is 0. The lowest BCUT2D eigenvalue weighted by Crippen LogP contribution is -2.29. The average Bonchev–Trinajstić information content (AvgIpc) is 3.51. The van der Waals surface area contributed by atoms with Crippen LogP contribution < -0.4 is 10.1 Å². The second-order valence-corrected chi connectivity index (χ2v) is 7.01. The zero-order valence-electron chi connectivity index (χ0n) is 15.8. The minimum atomic E-state index is -4.44. The number of halogens is 3. The number of pyridine rings is 1. The van der Waals surface area contributed by atoms with Crippen LogP contribution in [0.1, 0.15) is 60.3 Å². The molecule has 1 unspecified atom stereocenters. The summed E-state index contributed by atoms with van der Waals surface area (Å²) < 4.78 is 44.2. The van der Waals surface area contributed by atoms with Crippen LogP contribution in [0.4, 0.5) is 13.2 Å². The van der Waals surface area contributed by atoms with Gasteiger partial charge in [0.25, 0.3) is 0 Å². The third-order valence-electron chi connectivity index (χ3n) is 4.98. The van der Waals surface area contributed by atoms with Crippen molar-refractivity contribution < 1.29 is 22.7 Å². The zero-order valence-corrected chi connectivity index (χ0v) is 15.8. The standard InChI is InChI=1S/C21H23F3N2O2/c1-3-18(14-5-4-6-17(10-14)21(22,23)24)19(27)25-12-16-9-15(13-7-8-13)11-26-20(16)28-2/h4-6,9-11,13,18H,3,7-8,12H2,1-2H3,(H,25,27). The molecule has 1 fully saturated rings. The normalized spacial score (nSPS) is 15.2. The first kappa shape index (κ1) is 20.2. The molecule has 0 saturated heterocycles. The molecule has 1 aliphatic carbocycles. The molecule has 0 spiro atoms. The molecular formula is C21H23F3N2O2. The average molecular weight is 392 g/mol. The Bertz CT molecular complexity index is 848. The Kier molecular flexibility index (Phi) is 5.91. The molecular weight excluding hydrogens is 369 g/mol. The summed E-state index contributed by atoms with van der Waals surface area (Å²) in [5.74, 6) is -0.0215. The lowest BCUT2D eigenvalue weighted by molar-refractivity contribution is -0.137. The maximum absolute atomic E-state index is 13.0. The molecule has 1 aromatic heterocycles.